The number of hydrogen-bond acceptors (Lipinski definition) is 3. The van der Waals surface area contributed by atoms with Crippen LogP contribution in [-0.4, -0.2) is 17.6 Å². The Labute approximate surface area is 105 Å². The molecule has 0 unspecified atom stereocenters. The number of imide groups is 1. The van der Waals surface area contributed by atoms with E-state index in [0.29, 0.717) is 18.4 Å². The van der Waals surface area contributed by atoms with Crippen LogP contribution >= 0.6 is 0 Å². The van der Waals surface area contributed by atoms with Gasteiger partial charge in [-0.15, -0.1) is 0 Å². The van der Waals surface area contributed by atoms with Crippen molar-refractivity contribution >= 4 is 17.6 Å². The fourth-order valence-corrected chi connectivity index (χ4v) is 2.12. The Kier molecular flexibility index (Phi) is 3.87. The Hall–Kier alpha value is -1.97. The highest BCUT2D eigenvalue weighted by Crippen LogP contribution is 2.20. The lowest BCUT2D eigenvalue weighted by Gasteiger charge is -2.19. The zero-order valence-electron chi connectivity index (χ0n) is 10.0. The van der Waals surface area contributed by atoms with E-state index >= 15 is 0 Å². The summed E-state index contributed by atoms with van der Waals surface area (Å²) in [6, 6.07) is 8.51. The first-order chi connectivity index (χ1) is 8.68. The van der Waals surface area contributed by atoms with Crippen molar-refractivity contribution in [3.63, 3.8) is 0 Å². The Balaban J connectivity index is 1.99. The van der Waals surface area contributed by atoms with Gasteiger partial charge < -0.3 is 0 Å². The number of carbonyl (C=O) groups is 3. The smallest absolute Gasteiger partial charge is 0.257 e. The first kappa shape index (κ1) is 12.5. The summed E-state index contributed by atoms with van der Waals surface area (Å²) in [6.07, 6.45) is 2.70. The minimum Gasteiger partial charge on any atom is -0.299 e. The van der Waals surface area contributed by atoms with E-state index in [1.807, 2.05) is 0 Å². The van der Waals surface area contributed by atoms with E-state index in [0.717, 1.165) is 12.8 Å². The number of rotatable bonds is 2. The maximum atomic E-state index is 11.8. The largest absolute Gasteiger partial charge is 0.299 e. The maximum absolute atomic E-state index is 11.8. The van der Waals surface area contributed by atoms with Crippen molar-refractivity contribution in [1.82, 2.24) is 5.32 Å². The van der Waals surface area contributed by atoms with Gasteiger partial charge in [0.15, 0.2) is 0 Å². The van der Waals surface area contributed by atoms with Crippen LogP contribution in [0.15, 0.2) is 30.3 Å². The van der Waals surface area contributed by atoms with Gasteiger partial charge in [-0.2, -0.15) is 0 Å². The molecule has 2 rings (SSSR count). The first-order valence-corrected chi connectivity index (χ1v) is 6.11. The molecule has 1 aliphatic rings. The van der Waals surface area contributed by atoms with Gasteiger partial charge in [-0.1, -0.05) is 24.6 Å². The fraction of sp³-hybridized carbons (Fsp3) is 0.357. The maximum Gasteiger partial charge on any atom is 0.257 e. The van der Waals surface area contributed by atoms with Crippen LogP contribution in [0.2, 0.25) is 0 Å². The monoisotopic (exact) mass is 245 g/mol. The molecule has 0 spiro atoms. The molecular formula is C14H15NO3. The first-order valence-electron chi connectivity index (χ1n) is 6.11. The molecule has 2 amide bonds. The number of benzene rings is 1. The number of nitrogens with one attached hydrogen (secondary N) is 1. The number of carbonyl (C=O) groups excluding carboxylic acids is 3. The van der Waals surface area contributed by atoms with Crippen molar-refractivity contribution in [3.8, 4) is 0 Å². The summed E-state index contributed by atoms with van der Waals surface area (Å²) in [5, 5.41) is 2.30. The molecule has 0 saturated heterocycles. The lowest BCUT2D eigenvalue weighted by Crippen LogP contribution is -2.40. The van der Waals surface area contributed by atoms with E-state index in [2.05, 4.69) is 5.32 Å². The van der Waals surface area contributed by atoms with Crippen LogP contribution in [0, 0.1) is 5.92 Å². The fourth-order valence-electron chi connectivity index (χ4n) is 2.12. The number of amides is 2. The van der Waals surface area contributed by atoms with E-state index in [9.17, 15) is 14.4 Å². The van der Waals surface area contributed by atoms with Crippen LogP contribution < -0.4 is 5.32 Å². The van der Waals surface area contributed by atoms with Crippen LogP contribution in [0.5, 0.6) is 0 Å². The SMILES string of the molecule is O=C(NC(=O)[C@@H]1CCCCC1=O)c1ccccc1. The third-order valence-electron chi connectivity index (χ3n) is 3.14. The standard InChI is InChI=1S/C14H15NO3/c16-12-9-5-4-8-11(12)14(18)15-13(17)10-6-2-1-3-7-10/h1-3,6-7,11H,4-5,8-9H2,(H,15,17,18)/t11-/m1/s1. The molecule has 1 N–H and O–H groups in total. The topological polar surface area (TPSA) is 63.2 Å². The number of hydrogen-bond donors (Lipinski definition) is 1. The van der Waals surface area contributed by atoms with Crippen molar-refractivity contribution in [2.45, 2.75) is 25.7 Å². The summed E-state index contributed by atoms with van der Waals surface area (Å²) < 4.78 is 0. The molecule has 1 saturated carbocycles. The Bertz CT molecular complexity index is 467. The average molecular weight is 245 g/mol. The second-order valence-corrected chi connectivity index (χ2v) is 4.45. The molecule has 0 heterocycles. The van der Waals surface area contributed by atoms with E-state index in [4.69, 9.17) is 0 Å². The molecule has 18 heavy (non-hydrogen) atoms. The molecule has 0 bridgehead atoms. The van der Waals surface area contributed by atoms with Gasteiger partial charge in [0, 0.05) is 12.0 Å². The third-order valence-corrected chi connectivity index (χ3v) is 3.14. The average Bonchev–Trinajstić information content (AvgIpc) is 2.40. The normalized spacial score (nSPS) is 19.3. The zero-order chi connectivity index (χ0) is 13.0. The molecule has 1 atom stereocenters. The predicted molar refractivity (Wildman–Crippen MR) is 65.9 cm³/mol. The molecule has 0 aromatic heterocycles. The van der Waals surface area contributed by atoms with E-state index in [-0.39, 0.29) is 5.78 Å². The lowest BCUT2D eigenvalue weighted by molar-refractivity contribution is -0.134. The molecular weight excluding hydrogens is 230 g/mol. The van der Waals surface area contributed by atoms with Crippen molar-refractivity contribution in [3.05, 3.63) is 35.9 Å². The van der Waals surface area contributed by atoms with Crippen LogP contribution in [0.3, 0.4) is 0 Å². The molecule has 1 aromatic rings. The Morgan fingerprint density at radius 1 is 1.11 bits per heavy atom. The minimum atomic E-state index is -0.647. The molecule has 1 aromatic carbocycles. The highest BCUT2D eigenvalue weighted by molar-refractivity contribution is 6.11. The second-order valence-electron chi connectivity index (χ2n) is 4.45. The summed E-state index contributed by atoms with van der Waals surface area (Å²) in [4.78, 5) is 35.2. The van der Waals surface area contributed by atoms with Crippen LogP contribution in [0.1, 0.15) is 36.0 Å². The van der Waals surface area contributed by atoms with Gasteiger partial charge in [-0.05, 0) is 25.0 Å². The highest BCUT2D eigenvalue weighted by atomic mass is 16.2. The van der Waals surface area contributed by atoms with Crippen molar-refractivity contribution < 1.29 is 14.4 Å². The van der Waals surface area contributed by atoms with Gasteiger partial charge in [-0.3, -0.25) is 19.7 Å². The Morgan fingerprint density at radius 2 is 1.83 bits per heavy atom. The molecule has 0 radical (unpaired) electrons. The van der Waals surface area contributed by atoms with Crippen molar-refractivity contribution in [2.24, 2.45) is 5.92 Å². The van der Waals surface area contributed by atoms with Gasteiger partial charge in [0.1, 0.15) is 5.78 Å². The summed E-state index contributed by atoms with van der Waals surface area (Å²) in [6.45, 7) is 0. The van der Waals surface area contributed by atoms with Gasteiger partial charge in [0.2, 0.25) is 5.91 Å². The Morgan fingerprint density at radius 3 is 2.50 bits per heavy atom. The molecule has 94 valence electrons. The molecule has 0 aliphatic heterocycles. The van der Waals surface area contributed by atoms with Gasteiger partial charge >= 0.3 is 0 Å². The number of Topliss-reactive ketones (excluding diaryl/α,β-unsaturated/α-hetero) is 1. The summed E-state index contributed by atoms with van der Waals surface area (Å²) in [5.74, 6) is -1.61. The van der Waals surface area contributed by atoms with Crippen molar-refractivity contribution in [2.75, 3.05) is 0 Å². The summed E-state index contributed by atoms with van der Waals surface area (Å²) in [7, 11) is 0. The number of ketones is 1. The van der Waals surface area contributed by atoms with E-state index in [1.54, 1.807) is 30.3 Å². The van der Waals surface area contributed by atoms with Crippen molar-refractivity contribution in [1.29, 1.82) is 0 Å². The quantitative estimate of drug-likeness (QED) is 0.637. The predicted octanol–water partition coefficient (Wildman–Crippen LogP) is 1.70. The summed E-state index contributed by atoms with van der Waals surface area (Å²) >= 11 is 0. The molecule has 4 nitrogen and oxygen atoms in total. The third kappa shape index (κ3) is 2.83. The summed E-state index contributed by atoms with van der Waals surface area (Å²) in [5.41, 5.74) is 0.425. The zero-order valence-corrected chi connectivity index (χ0v) is 10.0. The minimum absolute atomic E-state index is 0.0559. The van der Waals surface area contributed by atoms with Gasteiger partial charge in [0.05, 0.1) is 5.92 Å². The molecule has 1 fully saturated rings. The molecule has 1 aliphatic carbocycles. The van der Waals surface area contributed by atoms with Crippen LogP contribution in [0.4, 0.5) is 0 Å². The molecule has 4 heteroatoms. The van der Waals surface area contributed by atoms with Crippen LogP contribution in [0.25, 0.3) is 0 Å². The van der Waals surface area contributed by atoms with Gasteiger partial charge in [0.25, 0.3) is 5.91 Å². The lowest BCUT2D eigenvalue weighted by atomic mass is 9.87. The van der Waals surface area contributed by atoms with E-state index < -0.39 is 17.7 Å². The van der Waals surface area contributed by atoms with Gasteiger partial charge in [-0.25, -0.2) is 0 Å². The van der Waals surface area contributed by atoms with Crippen LogP contribution in [-0.2, 0) is 9.59 Å². The highest BCUT2D eigenvalue weighted by Gasteiger charge is 2.29. The second kappa shape index (κ2) is 5.58. The van der Waals surface area contributed by atoms with E-state index in [1.165, 1.54) is 0 Å².